The lowest BCUT2D eigenvalue weighted by atomic mass is 9.72. The number of carbonyl (C=O) groups is 1. The largest absolute Gasteiger partial charge is 0.365 e. The van der Waals surface area contributed by atoms with Gasteiger partial charge in [-0.15, -0.1) is 0 Å². The Morgan fingerprint density at radius 3 is 2.61 bits per heavy atom. The van der Waals surface area contributed by atoms with Gasteiger partial charge in [0, 0.05) is 12.2 Å². The zero-order valence-electron chi connectivity index (χ0n) is 17.4. The molecular formula is C21H25FN8O. The van der Waals surface area contributed by atoms with Gasteiger partial charge >= 0.3 is 0 Å². The molecule has 1 aliphatic carbocycles. The molecule has 3 aromatic rings. The SMILES string of the molecule is Cc1cnn(-c2cncc(Nc3nc(NC4([C@H](C)N)CCC4)c(F)cc3C(N)=O)c2)c1. The Morgan fingerprint density at radius 2 is 2.03 bits per heavy atom. The van der Waals surface area contributed by atoms with Crippen LogP contribution in [0.1, 0.15) is 42.1 Å². The van der Waals surface area contributed by atoms with E-state index in [1.165, 1.54) is 0 Å². The molecule has 3 heterocycles. The number of halogens is 1. The number of nitrogens with two attached hydrogens (primary N) is 2. The molecule has 4 rings (SSSR count). The average molecular weight is 424 g/mol. The molecule has 6 N–H and O–H groups in total. The molecule has 0 radical (unpaired) electrons. The van der Waals surface area contributed by atoms with Crippen LogP contribution in [0.25, 0.3) is 5.69 Å². The van der Waals surface area contributed by atoms with Gasteiger partial charge in [0.2, 0.25) is 0 Å². The van der Waals surface area contributed by atoms with Crippen LogP contribution in [0.2, 0.25) is 0 Å². The van der Waals surface area contributed by atoms with E-state index in [4.69, 9.17) is 11.5 Å². The van der Waals surface area contributed by atoms with Crippen LogP contribution in [0.5, 0.6) is 0 Å². The summed E-state index contributed by atoms with van der Waals surface area (Å²) < 4.78 is 16.4. The molecule has 1 saturated carbocycles. The first kappa shape index (κ1) is 20.7. The summed E-state index contributed by atoms with van der Waals surface area (Å²) in [6.07, 6.45) is 9.47. The van der Waals surface area contributed by atoms with E-state index in [-0.39, 0.29) is 23.2 Å². The second-order valence-electron chi connectivity index (χ2n) is 8.02. The maximum atomic E-state index is 14.7. The number of pyridine rings is 2. The summed E-state index contributed by atoms with van der Waals surface area (Å²) in [5.74, 6) is -1.30. The van der Waals surface area contributed by atoms with Crippen LogP contribution >= 0.6 is 0 Å². The van der Waals surface area contributed by atoms with Gasteiger partial charge in [0.15, 0.2) is 11.6 Å². The lowest BCUT2D eigenvalue weighted by Crippen LogP contribution is -2.57. The van der Waals surface area contributed by atoms with Crippen LogP contribution in [0.4, 0.5) is 21.7 Å². The second kappa shape index (κ2) is 7.95. The van der Waals surface area contributed by atoms with Crippen molar-refractivity contribution in [3.63, 3.8) is 0 Å². The lowest BCUT2D eigenvalue weighted by Gasteiger charge is -2.46. The van der Waals surface area contributed by atoms with E-state index in [0.29, 0.717) is 11.4 Å². The third-order valence-electron chi connectivity index (χ3n) is 5.69. The molecule has 31 heavy (non-hydrogen) atoms. The van der Waals surface area contributed by atoms with E-state index in [1.54, 1.807) is 29.3 Å². The number of nitrogens with one attached hydrogen (secondary N) is 2. The van der Waals surface area contributed by atoms with Crippen molar-refractivity contribution in [3.05, 3.63) is 53.9 Å². The van der Waals surface area contributed by atoms with E-state index in [1.807, 2.05) is 20.0 Å². The number of nitrogens with zero attached hydrogens (tertiary/aromatic N) is 4. The van der Waals surface area contributed by atoms with Gasteiger partial charge in [-0.2, -0.15) is 5.10 Å². The van der Waals surface area contributed by atoms with Gasteiger partial charge in [-0.25, -0.2) is 14.1 Å². The smallest absolute Gasteiger partial charge is 0.252 e. The van der Waals surface area contributed by atoms with Crippen molar-refractivity contribution in [3.8, 4) is 5.69 Å². The molecule has 0 aliphatic heterocycles. The van der Waals surface area contributed by atoms with Crippen molar-refractivity contribution in [2.24, 2.45) is 11.5 Å². The fourth-order valence-corrected chi connectivity index (χ4v) is 3.66. The third-order valence-corrected chi connectivity index (χ3v) is 5.69. The van der Waals surface area contributed by atoms with Crippen molar-refractivity contribution in [2.45, 2.75) is 44.7 Å². The predicted octanol–water partition coefficient (Wildman–Crippen LogP) is 2.63. The van der Waals surface area contributed by atoms with Crippen LogP contribution in [0.15, 0.2) is 36.9 Å². The Labute approximate surface area is 179 Å². The Kier molecular flexibility index (Phi) is 5.32. The normalized spacial score (nSPS) is 15.7. The van der Waals surface area contributed by atoms with Crippen molar-refractivity contribution >= 4 is 23.2 Å². The Bertz CT molecular complexity index is 1120. The van der Waals surface area contributed by atoms with Crippen LogP contribution in [0, 0.1) is 12.7 Å². The molecule has 162 valence electrons. The highest BCUT2D eigenvalue weighted by Gasteiger charge is 2.41. The predicted molar refractivity (Wildman–Crippen MR) is 116 cm³/mol. The lowest BCUT2D eigenvalue weighted by molar-refractivity contribution is 0.100. The van der Waals surface area contributed by atoms with E-state index in [0.717, 1.165) is 30.9 Å². The molecule has 3 aromatic heterocycles. The number of rotatable bonds is 7. The minimum atomic E-state index is -0.794. The van der Waals surface area contributed by atoms with Gasteiger partial charge in [-0.05, 0) is 50.8 Å². The highest BCUT2D eigenvalue weighted by atomic mass is 19.1. The summed E-state index contributed by atoms with van der Waals surface area (Å²) in [5, 5.41) is 10.5. The molecule has 0 saturated heterocycles. The van der Waals surface area contributed by atoms with Gasteiger partial charge in [-0.3, -0.25) is 9.78 Å². The van der Waals surface area contributed by atoms with Crippen molar-refractivity contribution in [1.29, 1.82) is 0 Å². The molecule has 1 aliphatic rings. The first-order valence-electron chi connectivity index (χ1n) is 10.1. The van der Waals surface area contributed by atoms with Crippen molar-refractivity contribution in [2.75, 3.05) is 10.6 Å². The Morgan fingerprint density at radius 1 is 1.26 bits per heavy atom. The number of hydrogen-bond acceptors (Lipinski definition) is 7. The number of hydrogen-bond donors (Lipinski definition) is 4. The molecule has 10 heteroatoms. The van der Waals surface area contributed by atoms with Gasteiger partial charge < -0.3 is 22.1 Å². The number of carbonyl (C=O) groups excluding carboxylic acids is 1. The topological polar surface area (TPSA) is 137 Å². The number of anilines is 3. The monoisotopic (exact) mass is 424 g/mol. The van der Waals surface area contributed by atoms with Crippen molar-refractivity contribution < 1.29 is 9.18 Å². The standard InChI is InChI=1S/C21H25FN8O/c1-12-8-26-30(11-12)15-6-14(9-25-10-15)27-19-16(18(24)31)7-17(22)20(28-19)29-21(13(2)23)4-3-5-21/h6-11,13H,3-5,23H2,1-2H3,(H2,24,31)(H2,27,28,29)/t13-/m0/s1. The summed E-state index contributed by atoms with van der Waals surface area (Å²) in [5.41, 5.74) is 13.4. The zero-order chi connectivity index (χ0) is 22.2. The molecule has 9 nitrogen and oxygen atoms in total. The number of primary amides is 1. The van der Waals surface area contributed by atoms with Crippen LogP contribution < -0.4 is 22.1 Å². The Hall–Kier alpha value is -3.53. The van der Waals surface area contributed by atoms with Crippen LogP contribution in [0.3, 0.4) is 0 Å². The first-order chi connectivity index (χ1) is 14.8. The van der Waals surface area contributed by atoms with E-state index in [2.05, 4.69) is 25.7 Å². The molecule has 0 spiro atoms. The maximum absolute atomic E-state index is 14.7. The van der Waals surface area contributed by atoms with Gasteiger partial charge in [0.25, 0.3) is 5.91 Å². The molecular weight excluding hydrogens is 399 g/mol. The van der Waals surface area contributed by atoms with E-state index < -0.39 is 17.3 Å². The summed E-state index contributed by atoms with van der Waals surface area (Å²) in [7, 11) is 0. The second-order valence-corrected chi connectivity index (χ2v) is 8.02. The summed E-state index contributed by atoms with van der Waals surface area (Å²) in [6.45, 7) is 3.82. The maximum Gasteiger partial charge on any atom is 0.252 e. The number of aromatic nitrogens is 4. The zero-order valence-corrected chi connectivity index (χ0v) is 17.4. The van der Waals surface area contributed by atoms with Crippen molar-refractivity contribution in [1.82, 2.24) is 19.7 Å². The molecule has 1 fully saturated rings. The fraction of sp³-hybridized carbons (Fsp3) is 0.333. The Balaban J connectivity index is 1.68. The summed E-state index contributed by atoms with van der Waals surface area (Å²) in [4.78, 5) is 20.5. The van der Waals surface area contributed by atoms with Crippen LogP contribution in [-0.2, 0) is 0 Å². The molecule has 0 aromatic carbocycles. The average Bonchev–Trinajstić information content (AvgIpc) is 3.12. The van der Waals surface area contributed by atoms with Gasteiger partial charge in [0.1, 0.15) is 5.82 Å². The van der Waals surface area contributed by atoms with Gasteiger partial charge in [0.05, 0.1) is 41.1 Å². The summed E-state index contributed by atoms with van der Waals surface area (Å²) in [6, 6.07) is 2.69. The number of amides is 1. The molecule has 1 atom stereocenters. The quantitative estimate of drug-likeness (QED) is 0.457. The minimum absolute atomic E-state index is 0.0244. The molecule has 1 amide bonds. The third kappa shape index (κ3) is 4.06. The number of aryl methyl sites for hydroxylation is 1. The van der Waals surface area contributed by atoms with E-state index in [9.17, 15) is 9.18 Å². The fourth-order valence-electron chi connectivity index (χ4n) is 3.66. The first-order valence-corrected chi connectivity index (χ1v) is 10.1. The minimum Gasteiger partial charge on any atom is -0.365 e. The molecule has 0 unspecified atom stereocenters. The highest BCUT2D eigenvalue weighted by Crippen LogP contribution is 2.38. The summed E-state index contributed by atoms with van der Waals surface area (Å²) >= 11 is 0. The molecule has 0 bridgehead atoms. The van der Waals surface area contributed by atoms with Crippen LogP contribution in [-0.4, -0.2) is 37.2 Å². The van der Waals surface area contributed by atoms with E-state index >= 15 is 0 Å². The van der Waals surface area contributed by atoms with Gasteiger partial charge in [-0.1, -0.05) is 0 Å². The highest BCUT2D eigenvalue weighted by molar-refractivity contribution is 5.98.